The van der Waals surface area contributed by atoms with Gasteiger partial charge in [0.2, 0.25) is 5.96 Å². The molecule has 96 valence electrons. The van der Waals surface area contributed by atoms with Gasteiger partial charge in [-0.25, -0.2) is 0 Å². The van der Waals surface area contributed by atoms with E-state index in [-0.39, 0.29) is 16.8 Å². The molecule has 1 aromatic carbocycles. The maximum atomic E-state index is 9.97. The molecular weight excluding hydrogens is 299 g/mol. The Kier molecular flexibility index (Phi) is 3.69. The van der Waals surface area contributed by atoms with E-state index in [0.29, 0.717) is 15.6 Å². The fraction of sp³-hybridized carbons (Fsp3) is 0.111. The van der Waals surface area contributed by atoms with Gasteiger partial charge in [0.1, 0.15) is 0 Å². The Morgan fingerprint density at radius 2 is 1.94 bits per heavy atom. The molecule has 0 atom stereocenters. The number of benzene rings is 1. The molecule has 1 aromatic rings. The van der Waals surface area contributed by atoms with Crippen molar-refractivity contribution in [2.24, 2.45) is 21.0 Å². The van der Waals surface area contributed by atoms with Crippen LogP contribution in [0.2, 0.25) is 10.0 Å². The van der Waals surface area contributed by atoms with E-state index in [9.17, 15) is 9.11 Å². The van der Waals surface area contributed by atoms with Crippen LogP contribution in [0, 0.1) is 0 Å². The summed E-state index contributed by atoms with van der Waals surface area (Å²) in [6, 6.07) is 4.74. The zero-order chi connectivity index (χ0) is 13.3. The number of guanidine groups is 1. The monoisotopic (exact) mass is 307 g/mol. The van der Waals surface area contributed by atoms with E-state index in [1.54, 1.807) is 12.1 Å². The van der Waals surface area contributed by atoms with Crippen LogP contribution < -0.4 is 5.73 Å². The summed E-state index contributed by atoms with van der Waals surface area (Å²) in [5.74, 6) is -0.221. The Labute approximate surface area is 114 Å². The number of aliphatic imine (C=N–C) groups is 1. The topological polar surface area (TPSA) is 104 Å². The minimum Gasteiger partial charge on any atom is -0.366 e. The first-order valence-electron chi connectivity index (χ1n) is 4.71. The van der Waals surface area contributed by atoms with Gasteiger partial charge in [0.15, 0.2) is 15.9 Å². The second-order valence-electron chi connectivity index (χ2n) is 3.50. The quantitative estimate of drug-likeness (QED) is 0.577. The molecule has 0 spiro atoms. The minimum atomic E-state index is -3.22. The zero-order valence-electron chi connectivity index (χ0n) is 8.92. The normalized spacial score (nSPS) is 15.1. The summed E-state index contributed by atoms with van der Waals surface area (Å²) in [5.41, 5.74) is 5.81. The van der Waals surface area contributed by atoms with Crippen LogP contribution in [-0.4, -0.2) is 20.2 Å². The lowest BCUT2D eigenvalue weighted by atomic mass is 10.2. The van der Waals surface area contributed by atoms with Crippen LogP contribution in [-0.2, 0) is 15.9 Å². The van der Waals surface area contributed by atoms with E-state index >= 15 is 0 Å². The molecule has 0 aromatic heterocycles. The standard InChI is InChI=1S/C9H9Cl2N4O2S/c10-6-2-1-5(7(11)3-6)4-18(16,17)9-13-8(12)14-15-9/h1-3,16-17H,4H2,(H2,12,13)/q+1. The third-order valence-electron chi connectivity index (χ3n) is 2.11. The third-order valence-corrected chi connectivity index (χ3v) is 4.17. The predicted octanol–water partition coefficient (Wildman–Crippen LogP) is 2.46. The van der Waals surface area contributed by atoms with E-state index in [1.807, 2.05) is 0 Å². The van der Waals surface area contributed by atoms with Gasteiger partial charge >= 0.3 is 5.11 Å². The van der Waals surface area contributed by atoms with Crippen LogP contribution in [0.1, 0.15) is 5.56 Å². The first-order chi connectivity index (χ1) is 8.38. The summed E-state index contributed by atoms with van der Waals surface area (Å²) in [7, 11) is -3.22. The number of hydrogen-bond donors (Lipinski definition) is 3. The van der Waals surface area contributed by atoms with Gasteiger partial charge in [0, 0.05) is 10.6 Å². The van der Waals surface area contributed by atoms with Crippen molar-refractivity contribution in [1.82, 2.24) is 0 Å². The zero-order valence-corrected chi connectivity index (χ0v) is 11.2. The first-order valence-corrected chi connectivity index (χ1v) is 7.18. The van der Waals surface area contributed by atoms with Crippen molar-refractivity contribution >= 4 is 44.5 Å². The Hall–Kier alpha value is -0.990. The molecular formula is C9H9Cl2N4O2S+. The van der Waals surface area contributed by atoms with Gasteiger partial charge in [-0.1, -0.05) is 34.4 Å². The largest absolute Gasteiger partial charge is 0.388 e. The average molecular weight is 308 g/mol. The molecule has 0 aliphatic carbocycles. The van der Waals surface area contributed by atoms with E-state index in [1.165, 1.54) is 6.07 Å². The number of nitrogens with zero attached hydrogens (tertiary/aromatic N) is 3. The number of hydrogen-bond acceptors (Lipinski definition) is 4. The highest BCUT2D eigenvalue weighted by Crippen LogP contribution is 2.24. The summed E-state index contributed by atoms with van der Waals surface area (Å²) in [6.07, 6.45) is 0. The maximum absolute atomic E-state index is 9.97. The van der Waals surface area contributed by atoms with Gasteiger partial charge in [-0.2, -0.15) is 9.11 Å². The van der Waals surface area contributed by atoms with Crippen molar-refractivity contribution in [3.8, 4) is 0 Å². The van der Waals surface area contributed by atoms with Crippen LogP contribution in [0.25, 0.3) is 0 Å². The van der Waals surface area contributed by atoms with Crippen molar-refractivity contribution in [2.45, 2.75) is 5.75 Å². The average Bonchev–Trinajstić information content (AvgIpc) is 2.70. The Morgan fingerprint density at radius 3 is 2.50 bits per heavy atom. The molecule has 0 saturated heterocycles. The number of azo groups is 1. The predicted molar refractivity (Wildman–Crippen MR) is 74.3 cm³/mol. The molecule has 0 radical (unpaired) electrons. The summed E-state index contributed by atoms with van der Waals surface area (Å²) >= 11 is 11.7. The fourth-order valence-electron chi connectivity index (χ4n) is 1.30. The smallest absolute Gasteiger partial charge is 0.366 e. The Bertz CT molecular complexity index is 609. The molecule has 1 aliphatic rings. The molecule has 18 heavy (non-hydrogen) atoms. The molecule has 2 rings (SSSR count). The summed E-state index contributed by atoms with van der Waals surface area (Å²) in [4.78, 5) is 3.65. The van der Waals surface area contributed by atoms with Gasteiger partial charge in [-0.3, -0.25) is 0 Å². The molecule has 0 fully saturated rings. The van der Waals surface area contributed by atoms with Crippen LogP contribution in [0.5, 0.6) is 0 Å². The van der Waals surface area contributed by atoms with Gasteiger partial charge in [0.05, 0.1) is 5.02 Å². The highest BCUT2D eigenvalue weighted by Gasteiger charge is 2.30. The highest BCUT2D eigenvalue weighted by atomic mass is 35.5. The molecule has 9 heteroatoms. The number of halogens is 2. The van der Waals surface area contributed by atoms with Gasteiger partial charge in [0.25, 0.3) is 0 Å². The number of rotatable bonds is 2. The Morgan fingerprint density at radius 1 is 1.22 bits per heavy atom. The van der Waals surface area contributed by atoms with Gasteiger partial charge < -0.3 is 5.73 Å². The van der Waals surface area contributed by atoms with Crippen LogP contribution in [0.4, 0.5) is 0 Å². The molecule has 0 unspecified atom stereocenters. The second-order valence-corrected chi connectivity index (χ2v) is 6.33. The van der Waals surface area contributed by atoms with Crippen LogP contribution in [0.15, 0.2) is 33.4 Å². The van der Waals surface area contributed by atoms with Crippen molar-refractivity contribution in [1.29, 1.82) is 0 Å². The van der Waals surface area contributed by atoms with Crippen molar-refractivity contribution in [2.75, 3.05) is 0 Å². The lowest BCUT2D eigenvalue weighted by Crippen LogP contribution is -2.20. The fourth-order valence-corrected chi connectivity index (χ4v) is 3.08. The molecule has 0 saturated carbocycles. The van der Waals surface area contributed by atoms with E-state index < -0.39 is 10.2 Å². The molecule has 1 heterocycles. The molecule has 6 nitrogen and oxygen atoms in total. The number of nitrogens with two attached hydrogens (primary N) is 1. The lowest BCUT2D eigenvalue weighted by Gasteiger charge is -2.06. The molecule has 1 aliphatic heterocycles. The molecule has 0 amide bonds. The second kappa shape index (κ2) is 4.94. The Balaban J connectivity index is 2.37. The first kappa shape index (κ1) is 13.4. The van der Waals surface area contributed by atoms with Gasteiger partial charge in [-0.05, 0) is 12.1 Å². The highest BCUT2D eigenvalue weighted by molar-refractivity contribution is 8.02. The van der Waals surface area contributed by atoms with E-state index in [4.69, 9.17) is 28.9 Å². The van der Waals surface area contributed by atoms with Crippen molar-refractivity contribution < 1.29 is 9.11 Å². The van der Waals surface area contributed by atoms with Gasteiger partial charge in [-0.15, -0.1) is 10.1 Å². The molecule has 0 bridgehead atoms. The van der Waals surface area contributed by atoms with E-state index in [0.717, 1.165) is 0 Å². The minimum absolute atomic E-state index is 0.104. The third kappa shape index (κ3) is 2.88. The van der Waals surface area contributed by atoms with Crippen molar-refractivity contribution in [3.05, 3.63) is 33.8 Å². The van der Waals surface area contributed by atoms with Crippen LogP contribution in [0.3, 0.4) is 0 Å². The molecule has 4 N–H and O–H groups in total. The van der Waals surface area contributed by atoms with Crippen LogP contribution >= 0.6 is 23.2 Å². The SMILES string of the molecule is NC1=NC(=[S+](O)(O)Cc2ccc(Cl)cc2Cl)N=N1. The summed E-state index contributed by atoms with van der Waals surface area (Å²) in [6.45, 7) is 0. The summed E-state index contributed by atoms with van der Waals surface area (Å²) < 4.78 is 19.9. The lowest BCUT2D eigenvalue weighted by molar-refractivity contribution is 0.497. The van der Waals surface area contributed by atoms with E-state index in [2.05, 4.69) is 15.2 Å². The maximum Gasteiger partial charge on any atom is 0.388 e. The van der Waals surface area contributed by atoms with Crippen molar-refractivity contribution in [3.63, 3.8) is 0 Å². The summed E-state index contributed by atoms with van der Waals surface area (Å²) in [5, 5.41) is 7.56.